The second-order valence-electron chi connectivity index (χ2n) is 4.43. The minimum atomic E-state index is -4.11. The summed E-state index contributed by atoms with van der Waals surface area (Å²) in [5.41, 5.74) is 0. The van der Waals surface area contributed by atoms with Crippen LogP contribution in [0.4, 0.5) is 13.2 Å². The topological polar surface area (TPSA) is 32.3 Å². The number of nitrogens with one attached hydrogen (secondary N) is 1. The van der Waals surface area contributed by atoms with Gasteiger partial charge < -0.3 is 10.2 Å². The standard InChI is InChI=1S/C11H19F3N2O/c1-9(10(17)16-7-2-3-8-16)15-6-4-5-11(12,13)14/h9,15H,2-8H2,1H3. The number of amides is 1. The number of nitrogens with zero attached hydrogens (tertiary/aromatic N) is 1. The van der Waals surface area contributed by atoms with Gasteiger partial charge in [0.1, 0.15) is 0 Å². The van der Waals surface area contributed by atoms with Crippen LogP contribution in [-0.4, -0.2) is 42.7 Å². The van der Waals surface area contributed by atoms with E-state index < -0.39 is 12.6 Å². The molecule has 1 aliphatic heterocycles. The van der Waals surface area contributed by atoms with Gasteiger partial charge in [-0.25, -0.2) is 0 Å². The molecule has 1 unspecified atom stereocenters. The van der Waals surface area contributed by atoms with E-state index in [-0.39, 0.29) is 24.9 Å². The zero-order valence-corrected chi connectivity index (χ0v) is 10.0. The lowest BCUT2D eigenvalue weighted by Crippen LogP contribution is -2.44. The Morgan fingerprint density at radius 2 is 1.94 bits per heavy atom. The Morgan fingerprint density at radius 1 is 1.35 bits per heavy atom. The minimum absolute atomic E-state index is 0.00508. The van der Waals surface area contributed by atoms with Crippen molar-refractivity contribution in [2.24, 2.45) is 0 Å². The molecule has 0 aliphatic carbocycles. The van der Waals surface area contributed by atoms with Crippen LogP contribution in [-0.2, 0) is 4.79 Å². The molecule has 0 aromatic heterocycles. The van der Waals surface area contributed by atoms with Crippen LogP contribution in [0.5, 0.6) is 0 Å². The van der Waals surface area contributed by atoms with Gasteiger partial charge in [0.25, 0.3) is 0 Å². The molecule has 100 valence electrons. The van der Waals surface area contributed by atoms with E-state index in [9.17, 15) is 18.0 Å². The SMILES string of the molecule is CC(NCCCC(F)(F)F)C(=O)N1CCCC1. The summed E-state index contributed by atoms with van der Waals surface area (Å²) < 4.78 is 35.6. The number of carbonyl (C=O) groups excluding carboxylic acids is 1. The Hall–Kier alpha value is -0.780. The highest BCUT2D eigenvalue weighted by Gasteiger charge is 2.27. The van der Waals surface area contributed by atoms with Crippen LogP contribution in [0.3, 0.4) is 0 Å². The first-order valence-corrected chi connectivity index (χ1v) is 5.99. The van der Waals surface area contributed by atoms with Crippen molar-refractivity contribution >= 4 is 5.91 Å². The molecule has 1 atom stereocenters. The molecule has 17 heavy (non-hydrogen) atoms. The van der Waals surface area contributed by atoms with Crippen molar-refractivity contribution in [2.75, 3.05) is 19.6 Å². The van der Waals surface area contributed by atoms with Crippen molar-refractivity contribution in [1.29, 1.82) is 0 Å². The maximum atomic E-state index is 11.9. The molecule has 0 aromatic rings. The summed E-state index contributed by atoms with van der Waals surface area (Å²) in [5.74, 6) is -0.00508. The van der Waals surface area contributed by atoms with Crippen LogP contribution in [0, 0.1) is 0 Å². The molecule has 0 saturated carbocycles. The molecule has 3 nitrogen and oxygen atoms in total. The smallest absolute Gasteiger partial charge is 0.341 e. The van der Waals surface area contributed by atoms with Gasteiger partial charge in [0.2, 0.25) is 5.91 Å². The number of hydrogen-bond donors (Lipinski definition) is 1. The quantitative estimate of drug-likeness (QED) is 0.758. The Balaban J connectivity index is 2.16. The van der Waals surface area contributed by atoms with Crippen molar-refractivity contribution in [3.8, 4) is 0 Å². The summed E-state index contributed by atoms with van der Waals surface area (Å²) in [7, 11) is 0. The third-order valence-electron chi connectivity index (χ3n) is 2.88. The number of likely N-dealkylation sites (tertiary alicyclic amines) is 1. The van der Waals surface area contributed by atoms with E-state index in [0.29, 0.717) is 0 Å². The Morgan fingerprint density at radius 3 is 2.47 bits per heavy atom. The monoisotopic (exact) mass is 252 g/mol. The molecule has 0 bridgehead atoms. The van der Waals surface area contributed by atoms with E-state index in [2.05, 4.69) is 5.32 Å². The Bertz CT molecular complexity index is 250. The third-order valence-corrected chi connectivity index (χ3v) is 2.88. The van der Waals surface area contributed by atoms with E-state index >= 15 is 0 Å². The van der Waals surface area contributed by atoms with E-state index in [0.717, 1.165) is 25.9 Å². The van der Waals surface area contributed by atoms with Gasteiger partial charge >= 0.3 is 6.18 Å². The van der Waals surface area contributed by atoms with E-state index in [1.807, 2.05) is 0 Å². The molecule has 1 N–H and O–H groups in total. The average molecular weight is 252 g/mol. The predicted molar refractivity (Wildman–Crippen MR) is 58.6 cm³/mol. The zero-order chi connectivity index (χ0) is 12.9. The third kappa shape index (κ3) is 5.39. The fraction of sp³-hybridized carbons (Fsp3) is 0.909. The molecule has 1 amide bonds. The van der Waals surface area contributed by atoms with Crippen LogP contribution in [0.25, 0.3) is 0 Å². The fourth-order valence-corrected chi connectivity index (χ4v) is 1.91. The van der Waals surface area contributed by atoms with Gasteiger partial charge in [0.05, 0.1) is 6.04 Å². The first-order valence-electron chi connectivity index (χ1n) is 5.99. The molecule has 0 aromatic carbocycles. The van der Waals surface area contributed by atoms with E-state index in [1.54, 1.807) is 11.8 Å². The largest absolute Gasteiger partial charge is 0.389 e. The summed E-state index contributed by atoms with van der Waals surface area (Å²) in [6, 6.07) is -0.388. The lowest BCUT2D eigenvalue weighted by Gasteiger charge is -2.21. The van der Waals surface area contributed by atoms with Crippen LogP contribution in [0.1, 0.15) is 32.6 Å². The van der Waals surface area contributed by atoms with Gasteiger partial charge in [-0.1, -0.05) is 0 Å². The summed E-state index contributed by atoms with van der Waals surface area (Å²) in [6.07, 6.45) is -2.85. The molecule has 6 heteroatoms. The Labute approximate surface area is 99.4 Å². The van der Waals surface area contributed by atoms with Gasteiger partial charge in [0, 0.05) is 19.5 Å². The second-order valence-corrected chi connectivity index (χ2v) is 4.43. The van der Waals surface area contributed by atoms with Gasteiger partial charge in [-0.2, -0.15) is 13.2 Å². The number of carbonyl (C=O) groups is 1. The first-order chi connectivity index (χ1) is 7.90. The average Bonchev–Trinajstić information content (AvgIpc) is 2.74. The van der Waals surface area contributed by atoms with Crippen molar-refractivity contribution in [1.82, 2.24) is 10.2 Å². The molecular weight excluding hydrogens is 233 g/mol. The number of rotatable bonds is 5. The lowest BCUT2D eigenvalue weighted by atomic mass is 10.2. The van der Waals surface area contributed by atoms with Crippen molar-refractivity contribution in [2.45, 2.75) is 44.8 Å². The normalized spacial score (nSPS) is 18.5. The highest BCUT2D eigenvalue weighted by atomic mass is 19.4. The van der Waals surface area contributed by atoms with Crippen LogP contribution in [0.2, 0.25) is 0 Å². The maximum Gasteiger partial charge on any atom is 0.389 e. The lowest BCUT2D eigenvalue weighted by molar-refractivity contribution is -0.135. The summed E-state index contributed by atoms with van der Waals surface area (Å²) >= 11 is 0. The van der Waals surface area contributed by atoms with Crippen LogP contribution >= 0.6 is 0 Å². The van der Waals surface area contributed by atoms with Crippen LogP contribution in [0.15, 0.2) is 0 Å². The summed E-state index contributed by atoms with van der Waals surface area (Å²) in [4.78, 5) is 13.5. The molecule has 1 heterocycles. The van der Waals surface area contributed by atoms with E-state index in [1.165, 1.54) is 0 Å². The highest BCUT2D eigenvalue weighted by molar-refractivity contribution is 5.81. The van der Waals surface area contributed by atoms with Crippen LogP contribution < -0.4 is 5.32 Å². The molecule has 0 radical (unpaired) electrons. The zero-order valence-electron chi connectivity index (χ0n) is 10.0. The minimum Gasteiger partial charge on any atom is -0.341 e. The van der Waals surface area contributed by atoms with Gasteiger partial charge in [-0.15, -0.1) is 0 Å². The van der Waals surface area contributed by atoms with E-state index in [4.69, 9.17) is 0 Å². The number of halogens is 3. The highest BCUT2D eigenvalue weighted by Crippen LogP contribution is 2.20. The number of alkyl halides is 3. The second kappa shape index (κ2) is 6.23. The molecule has 0 spiro atoms. The van der Waals surface area contributed by atoms with Gasteiger partial charge in [0.15, 0.2) is 0 Å². The summed E-state index contributed by atoms with van der Waals surface area (Å²) in [6.45, 7) is 3.47. The van der Waals surface area contributed by atoms with Crippen molar-refractivity contribution < 1.29 is 18.0 Å². The molecule has 1 aliphatic rings. The predicted octanol–water partition coefficient (Wildman–Crippen LogP) is 1.93. The van der Waals surface area contributed by atoms with Crippen molar-refractivity contribution in [3.05, 3.63) is 0 Å². The Kier molecular flexibility index (Phi) is 5.24. The van der Waals surface area contributed by atoms with Gasteiger partial charge in [-0.3, -0.25) is 4.79 Å². The summed E-state index contributed by atoms with van der Waals surface area (Å²) in [5, 5.41) is 2.84. The maximum absolute atomic E-state index is 11.9. The molecule has 1 saturated heterocycles. The number of hydrogen-bond acceptors (Lipinski definition) is 2. The molecule has 1 rings (SSSR count). The van der Waals surface area contributed by atoms with Gasteiger partial charge in [-0.05, 0) is 32.7 Å². The molecular formula is C11H19F3N2O. The molecule has 1 fully saturated rings. The first kappa shape index (κ1) is 14.3. The fourth-order valence-electron chi connectivity index (χ4n) is 1.91. The van der Waals surface area contributed by atoms with Crippen molar-refractivity contribution in [3.63, 3.8) is 0 Å².